The summed E-state index contributed by atoms with van der Waals surface area (Å²) in [5.41, 5.74) is 2.47. The van der Waals surface area contributed by atoms with E-state index in [9.17, 15) is 0 Å². The van der Waals surface area contributed by atoms with Crippen LogP contribution in [0.4, 0.5) is 0 Å². The van der Waals surface area contributed by atoms with E-state index in [-0.39, 0.29) is 0 Å². The molecule has 1 aliphatic rings. The zero-order chi connectivity index (χ0) is 10.8. The molecule has 4 nitrogen and oxygen atoms in total. The van der Waals surface area contributed by atoms with Gasteiger partial charge in [-0.1, -0.05) is 19.1 Å². The number of fused-ring (bicyclic) bond motifs is 1. The van der Waals surface area contributed by atoms with Gasteiger partial charge in [0.25, 0.3) is 0 Å². The first kappa shape index (κ1) is 10.6. The molecule has 1 aromatic heterocycles. The van der Waals surface area contributed by atoms with Crippen LogP contribution in [0.15, 0.2) is 0 Å². The van der Waals surface area contributed by atoms with Gasteiger partial charge in [0, 0.05) is 19.5 Å². The smallest absolute Gasteiger partial charge is 0.0997 e. The molecule has 0 saturated carbocycles. The fourth-order valence-corrected chi connectivity index (χ4v) is 2.29. The Labute approximate surface area is 91.1 Å². The lowest BCUT2D eigenvalue weighted by atomic mass is 10.0. The summed E-state index contributed by atoms with van der Waals surface area (Å²) >= 11 is 0. The van der Waals surface area contributed by atoms with Crippen molar-refractivity contribution in [1.29, 1.82) is 0 Å². The largest absolute Gasteiger partial charge is 0.311 e. The van der Waals surface area contributed by atoms with Crippen LogP contribution >= 0.6 is 0 Å². The van der Waals surface area contributed by atoms with Crippen molar-refractivity contribution in [3.05, 3.63) is 11.4 Å². The highest BCUT2D eigenvalue weighted by atomic mass is 15.4. The highest BCUT2D eigenvalue weighted by Gasteiger charge is 2.19. The highest BCUT2D eigenvalue weighted by molar-refractivity contribution is 5.14. The van der Waals surface area contributed by atoms with Crippen LogP contribution < -0.4 is 5.32 Å². The van der Waals surface area contributed by atoms with E-state index in [1.165, 1.54) is 12.1 Å². The third kappa shape index (κ3) is 2.20. The van der Waals surface area contributed by atoms with Crippen LogP contribution in [-0.4, -0.2) is 21.5 Å². The van der Waals surface area contributed by atoms with E-state index in [0.717, 1.165) is 25.2 Å². The van der Waals surface area contributed by atoms with Crippen molar-refractivity contribution in [1.82, 2.24) is 20.3 Å². The molecular formula is C11H20N4. The molecule has 2 heterocycles. The molecule has 0 aromatic carbocycles. The molecule has 0 aliphatic carbocycles. The van der Waals surface area contributed by atoms with Crippen molar-refractivity contribution in [3.8, 4) is 0 Å². The quantitative estimate of drug-likeness (QED) is 0.819. The van der Waals surface area contributed by atoms with Gasteiger partial charge >= 0.3 is 0 Å². The lowest BCUT2D eigenvalue weighted by Crippen LogP contribution is -2.26. The molecule has 0 bridgehead atoms. The summed E-state index contributed by atoms with van der Waals surface area (Å²) in [7, 11) is 0. The van der Waals surface area contributed by atoms with Crippen LogP contribution in [-0.2, 0) is 13.0 Å². The Bertz CT molecular complexity index is 329. The average Bonchev–Trinajstić information content (AvgIpc) is 2.59. The van der Waals surface area contributed by atoms with Crippen LogP contribution in [0.2, 0.25) is 0 Å². The second kappa shape index (κ2) is 4.31. The van der Waals surface area contributed by atoms with Crippen LogP contribution in [0.5, 0.6) is 0 Å². The van der Waals surface area contributed by atoms with E-state index in [2.05, 4.69) is 41.1 Å². The molecule has 84 valence electrons. The van der Waals surface area contributed by atoms with E-state index >= 15 is 0 Å². The number of nitrogens with zero attached hydrogens (tertiary/aromatic N) is 3. The van der Waals surface area contributed by atoms with Crippen molar-refractivity contribution >= 4 is 0 Å². The Balaban J connectivity index is 2.17. The van der Waals surface area contributed by atoms with Gasteiger partial charge in [0.05, 0.1) is 17.4 Å². The number of rotatable bonds is 3. The number of nitrogens with one attached hydrogen (secondary N) is 1. The highest BCUT2D eigenvalue weighted by Crippen LogP contribution is 2.20. The summed E-state index contributed by atoms with van der Waals surface area (Å²) < 4.78 is 2.12. The van der Waals surface area contributed by atoms with Crippen molar-refractivity contribution < 1.29 is 0 Å². The molecule has 15 heavy (non-hydrogen) atoms. The van der Waals surface area contributed by atoms with Gasteiger partial charge in [0.2, 0.25) is 0 Å². The lowest BCUT2D eigenvalue weighted by Gasteiger charge is -2.19. The zero-order valence-electron chi connectivity index (χ0n) is 9.82. The fourth-order valence-electron chi connectivity index (χ4n) is 2.29. The maximum atomic E-state index is 4.28. The van der Waals surface area contributed by atoms with Gasteiger partial charge in [-0.25, -0.2) is 4.68 Å². The summed E-state index contributed by atoms with van der Waals surface area (Å²) in [5, 5.41) is 11.8. The second-order valence-corrected chi connectivity index (χ2v) is 4.83. The molecule has 0 fully saturated rings. The number of hydrogen-bond acceptors (Lipinski definition) is 3. The van der Waals surface area contributed by atoms with Gasteiger partial charge < -0.3 is 5.32 Å². The lowest BCUT2D eigenvalue weighted by molar-refractivity contribution is 0.379. The molecule has 1 aliphatic heterocycles. The van der Waals surface area contributed by atoms with Crippen LogP contribution in [0.25, 0.3) is 0 Å². The van der Waals surface area contributed by atoms with Crippen molar-refractivity contribution in [2.24, 2.45) is 5.92 Å². The summed E-state index contributed by atoms with van der Waals surface area (Å²) in [6, 6.07) is 0.472. The first-order valence-electron chi connectivity index (χ1n) is 5.82. The summed E-state index contributed by atoms with van der Waals surface area (Å²) in [5.74, 6) is 0.710. The summed E-state index contributed by atoms with van der Waals surface area (Å²) in [4.78, 5) is 0. The Morgan fingerprint density at radius 2 is 2.20 bits per heavy atom. The first-order valence-corrected chi connectivity index (χ1v) is 5.82. The monoisotopic (exact) mass is 208 g/mol. The normalized spacial score (nSPS) is 17.9. The van der Waals surface area contributed by atoms with E-state index in [1.54, 1.807) is 0 Å². The van der Waals surface area contributed by atoms with Gasteiger partial charge in [0.1, 0.15) is 0 Å². The van der Waals surface area contributed by atoms with E-state index in [1.807, 2.05) is 0 Å². The molecule has 1 aromatic rings. The molecular weight excluding hydrogens is 188 g/mol. The van der Waals surface area contributed by atoms with Gasteiger partial charge in [0.15, 0.2) is 0 Å². The molecule has 0 saturated heterocycles. The Kier molecular flexibility index (Phi) is 3.05. The maximum Gasteiger partial charge on any atom is 0.0997 e. The van der Waals surface area contributed by atoms with Crippen LogP contribution in [0, 0.1) is 5.92 Å². The van der Waals surface area contributed by atoms with Gasteiger partial charge in [-0.05, 0) is 19.3 Å². The Morgan fingerprint density at radius 1 is 1.40 bits per heavy atom. The average molecular weight is 208 g/mol. The van der Waals surface area contributed by atoms with Crippen molar-refractivity contribution in [3.63, 3.8) is 0 Å². The predicted octanol–water partition coefficient (Wildman–Crippen LogP) is 1.53. The molecule has 1 N–H and O–H groups in total. The molecule has 0 amide bonds. The van der Waals surface area contributed by atoms with E-state index in [0.29, 0.717) is 12.0 Å². The summed E-state index contributed by atoms with van der Waals surface area (Å²) in [6.45, 7) is 8.67. The maximum absolute atomic E-state index is 4.28. The SMILES string of the molecule is CC(C)CC(C)n1nnc2c1CCNC2. The standard InChI is InChI=1S/C11H20N4/c1-8(2)6-9(3)15-11-4-5-12-7-10(11)13-14-15/h8-9,12H,4-7H2,1-3H3. The van der Waals surface area contributed by atoms with Crippen LogP contribution in [0.3, 0.4) is 0 Å². The predicted molar refractivity (Wildman–Crippen MR) is 59.6 cm³/mol. The minimum Gasteiger partial charge on any atom is -0.311 e. The second-order valence-electron chi connectivity index (χ2n) is 4.83. The van der Waals surface area contributed by atoms with Crippen molar-refractivity contribution in [2.45, 2.75) is 46.2 Å². The Hall–Kier alpha value is -0.900. The zero-order valence-corrected chi connectivity index (χ0v) is 9.82. The first-order chi connectivity index (χ1) is 7.18. The third-order valence-corrected chi connectivity index (χ3v) is 2.93. The fraction of sp³-hybridized carbons (Fsp3) is 0.818. The molecule has 0 radical (unpaired) electrons. The van der Waals surface area contributed by atoms with Gasteiger partial charge in [-0.2, -0.15) is 0 Å². The summed E-state index contributed by atoms with van der Waals surface area (Å²) in [6.07, 6.45) is 2.23. The topological polar surface area (TPSA) is 42.7 Å². The Morgan fingerprint density at radius 3 is 2.93 bits per heavy atom. The molecule has 0 spiro atoms. The molecule has 1 unspecified atom stereocenters. The van der Waals surface area contributed by atoms with Gasteiger partial charge in [-0.3, -0.25) is 0 Å². The minimum absolute atomic E-state index is 0.472. The number of aromatic nitrogens is 3. The number of hydrogen-bond donors (Lipinski definition) is 1. The van der Waals surface area contributed by atoms with Crippen LogP contribution in [0.1, 0.15) is 44.6 Å². The minimum atomic E-state index is 0.472. The molecule has 1 atom stereocenters. The molecule has 4 heteroatoms. The third-order valence-electron chi connectivity index (χ3n) is 2.93. The molecule has 2 rings (SSSR count). The van der Waals surface area contributed by atoms with E-state index < -0.39 is 0 Å². The van der Waals surface area contributed by atoms with Gasteiger partial charge in [-0.15, -0.1) is 5.10 Å². The van der Waals surface area contributed by atoms with E-state index in [4.69, 9.17) is 0 Å². The van der Waals surface area contributed by atoms with Crippen molar-refractivity contribution in [2.75, 3.05) is 6.54 Å².